The molecule has 45 heavy (non-hydrogen) atoms. The number of H-pyrrole nitrogens is 1. The maximum Gasteiger partial charge on any atom is 0.325 e. The highest BCUT2D eigenvalue weighted by Gasteiger charge is 2.34. The predicted molar refractivity (Wildman–Crippen MR) is 170 cm³/mol. The molecule has 0 aliphatic heterocycles. The van der Waals surface area contributed by atoms with Gasteiger partial charge in [0, 0.05) is 34.9 Å². The second-order valence-corrected chi connectivity index (χ2v) is 12.8. The summed E-state index contributed by atoms with van der Waals surface area (Å²) >= 11 is 1.39. The highest BCUT2D eigenvalue weighted by atomic mass is 32.2. The fraction of sp³-hybridized carbons (Fsp3) is 0.312. The van der Waals surface area contributed by atoms with Crippen molar-refractivity contribution in [2.24, 2.45) is 0 Å². The van der Waals surface area contributed by atoms with E-state index in [2.05, 4.69) is 9.71 Å². The van der Waals surface area contributed by atoms with Gasteiger partial charge in [0.2, 0.25) is 21.5 Å². The Balaban J connectivity index is 1.73. The first kappa shape index (κ1) is 33.6. The number of fused-ring (bicyclic) bond motifs is 1. The van der Waals surface area contributed by atoms with E-state index in [1.54, 1.807) is 38.1 Å². The summed E-state index contributed by atoms with van der Waals surface area (Å²) in [6.45, 7) is 3.35. The molecule has 0 fully saturated rings. The monoisotopic (exact) mass is 653 g/mol. The van der Waals surface area contributed by atoms with Gasteiger partial charge in [0.1, 0.15) is 24.1 Å². The van der Waals surface area contributed by atoms with Crippen LogP contribution in [0.1, 0.15) is 49.6 Å². The molecule has 238 valence electrons. The number of nitrogens with one attached hydrogen (secondary N) is 2. The first-order valence-corrected chi connectivity index (χ1v) is 16.8. The van der Waals surface area contributed by atoms with Crippen LogP contribution in [0.4, 0.5) is 0 Å². The number of rotatable bonds is 16. The van der Waals surface area contributed by atoms with Crippen molar-refractivity contribution in [3.63, 3.8) is 0 Å². The minimum absolute atomic E-state index is 0.0407. The van der Waals surface area contributed by atoms with E-state index < -0.39 is 34.5 Å². The van der Waals surface area contributed by atoms with Crippen LogP contribution in [-0.4, -0.2) is 55.7 Å². The predicted octanol–water partition coefficient (Wildman–Crippen LogP) is 4.34. The molecule has 0 spiro atoms. The zero-order valence-corrected chi connectivity index (χ0v) is 26.6. The third-order valence-electron chi connectivity index (χ3n) is 6.87. The molecule has 0 saturated carbocycles. The number of para-hydroxylation sites is 1. The number of aromatic nitrogens is 1. The van der Waals surface area contributed by atoms with Crippen LogP contribution in [-0.2, 0) is 35.7 Å². The molecule has 2 aromatic heterocycles. The summed E-state index contributed by atoms with van der Waals surface area (Å²) in [5.41, 5.74) is 0.356. The molecule has 2 N–H and O–H groups in total. The van der Waals surface area contributed by atoms with Gasteiger partial charge in [-0.3, -0.25) is 19.2 Å². The lowest BCUT2D eigenvalue weighted by Crippen LogP contribution is -2.44. The van der Waals surface area contributed by atoms with Gasteiger partial charge in [-0.25, -0.2) is 8.42 Å². The van der Waals surface area contributed by atoms with E-state index in [0.29, 0.717) is 30.2 Å². The lowest BCUT2D eigenvalue weighted by molar-refractivity contribution is -0.149. The molecule has 0 radical (unpaired) electrons. The number of ether oxygens (including phenoxy) is 2. The Morgan fingerprint density at radius 3 is 2.56 bits per heavy atom. The van der Waals surface area contributed by atoms with Crippen molar-refractivity contribution >= 4 is 49.9 Å². The number of Topliss-reactive ketones (excluding diaryl/α,β-unsaturated/α-hetero) is 1. The normalized spacial score (nSPS) is 12.0. The lowest BCUT2D eigenvalue weighted by Gasteiger charge is -2.28. The molecule has 1 unspecified atom stereocenters. The summed E-state index contributed by atoms with van der Waals surface area (Å²) in [7, 11) is -4.35. The van der Waals surface area contributed by atoms with Gasteiger partial charge in [-0.15, -0.1) is 11.3 Å². The fourth-order valence-electron chi connectivity index (χ4n) is 4.60. The molecule has 4 aromatic rings. The molecular weight excluding hydrogens is 618 g/mol. The number of pyridine rings is 1. The number of carbonyl (C=O) groups is 3. The second-order valence-electron chi connectivity index (χ2n) is 10.1. The molecule has 4 rings (SSSR count). The number of hydrogen-bond donors (Lipinski definition) is 2. The van der Waals surface area contributed by atoms with Crippen molar-refractivity contribution < 1.29 is 32.3 Å². The van der Waals surface area contributed by atoms with Crippen LogP contribution in [0.2, 0.25) is 0 Å². The van der Waals surface area contributed by atoms with Gasteiger partial charge in [-0.05, 0) is 60.5 Å². The number of thiophene rings is 1. The SMILES string of the molecule is CCOC(=O)CN(Cc1cccs1)C(=O)C(NS(=O)(=O)c1ccc2[nH]c(=O)ccc2c1)c1ccccc1OCCCC(=O)CC. The van der Waals surface area contributed by atoms with Gasteiger partial charge >= 0.3 is 5.97 Å². The van der Waals surface area contributed by atoms with Crippen LogP contribution in [0.25, 0.3) is 10.9 Å². The van der Waals surface area contributed by atoms with Crippen molar-refractivity contribution in [1.29, 1.82) is 0 Å². The van der Waals surface area contributed by atoms with E-state index in [1.807, 2.05) is 17.5 Å². The molecular formula is C32H35N3O8S2. The Morgan fingerprint density at radius 2 is 1.82 bits per heavy atom. The van der Waals surface area contributed by atoms with Gasteiger partial charge in [0.15, 0.2) is 0 Å². The first-order chi connectivity index (χ1) is 21.6. The molecule has 13 heteroatoms. The number of sulfonamides is 1. The number of carbonyl (C=O) groups excluding carboxylic acids is 3. The van der Waals surface area contributed by atoms with Gasteiger partial charge in [0.25, 0.3) is 0 Å². The smallest absolute Gasteiger partial charge is 0.325 e. The zero-order valence-electron chi connectivity index (χ0n) is 25.0. The van der Waals surface area contributed by atoms with Gasteiger partial charge in [-0.2, -0.15) is 4.72 Å². The number of hydrogen-bond acceptors (Lipinski definition) is 9. The van der Waals surface area contributed by atoms with Crippen molar-refractivity contribution in [3.8, 4) is 5.75 Å². The Bertz CT molecular complexity index is 1800. The van der Waals surface area contributed by atoms with E-state index >= 15 is 0 Å². The van der Waals surface area contributed by atoms with Crippen molar-refractivity contribution in [2.75, 3.05) is 19.8 Å². The third kappa shape index (κ3) is 9.10. The van der Waals surface area contributed by atoms with Crippen molar-refractivity contribution in [2.45, 2.75) is 50.6 Å². The molecule has 1 atom stereocenters. The number of nitrogens with zero attached hydrogens (tertiary/aromatic N) is 1. The number of ketones is 1. The average Bonchev–Trinajstić information content (AvgIpc) is 3.54. The number of benzene rings is 2. The Morgan fingerprint density at radius 1 is 1.02 bits per heavy atom. The van der Waals surface area contributed by atoms with Crippen molar-refractivity contribution in [1.82, 2.24) is 14.6 Å². The molecule has 0 aliphatic carbocycles. The standard InChI is InChI=1S/C32H35N3O8S2/c1-3-23(36)9-7-17-43-28-12-6-5-11-26(28)31(32(39)35(21-30(38)42-4-2)20-24-10-8-18-44-24)34-45(40,41)25-14-15-27-22(19-25)13-16-29(37)33-27/h5-6,8,10-16,18-19,31,34H,3-4,7,9,17,20-21H2,1-2H3,(H,33,37). The summed E-state index contributed by atoms with van der Waals surface area (Å²) < 4.78 is 41.4. The van der Waals surface area contributed by atoms with E-state index in [4.69, 9.17) is 9.47 Å². The van der Waals surface area contributed by atoms with Crippen LogP contribution in [0.15, 0.2) is 81.8 Å². The third-order valence-corrected chi connectivity index (χ3v) is 9.15. The highest BCUT2D eigenvalue weighted by Crippen LogP contribution is 2.30. The van der Waals surface area contributed by atoms with Crippen LogP contribution in [0, 0.1) is 0 Å². The summed E-state index contributed by atoms with van der Waals surface area (Å²) in [6, 6.07) is 15.7. The molecule has 0 saturated heterocycles. The quantitative estimate of drug-likeness (QED) is 0.134. The first-order valence-electron chi connectivity index (χ1n) is 14.5. The van der Waals surface area contributed by atoms with E-state index in [-0.39, 0.29) is 47.3 Å². The molecule has 0 aliphatic rings. The van der Waals surface area contributed by atoms with Crippen LogP contribution in [0.3, 0.4) is 0 Å². The van der Waals surface area contributed by atoms with Crippen molar-refractivity contribution in [3.05, 3.63) is 92.9 Å². The minimum atomic E-state index is -4.35. The number of amides is 1. The molecule has 11 nitrogen and oxygen atoms in total. The second kappa shape index (κ2) is 15.6. The molecule has 2 aromatic carbocycles. The zero-order chi connectivity index (χ0) is 32.4. The minimum Gasteiger partial charge on any atom is -0.493 e. The topological polar surface area (TPSA) is 152 Å². The summed E-state index contributed by atoms with van der Waals surface area (Å²) in [4.78, 5) is 55.0. The maximum atomic E-state index is 14.3. The van der Waals surface area contributed by atoms with Crippen LogP contribution < -0.4 is 15.0 Å². The van der Waals surface area contributed by atoms with Gasteiger partial charge in [-0.1, -0.05) is 31.2 Å². The number of esters is 1. The fourth-order valence-corrected chi connectivity index (χ4v) is 6.52. The van der Waals surface area contributed by atoms with E-state index in [0.717, 1.165) is 4.88 Å². The van der Waals surface area contributed by atoms with E-state index in [9.17, 15) is 27.6 Å². The van der Waals surface area contributed by atoms with Gasteiger partial charge in [0.05, 0.1) is 24.7 Å². The summed E-state index contributed by atoms with van der Waals surface area (Å²) in [5, 5.41) is 2.31. The van der Waals surface area contributed by atoms with E-state index in [1.165, 1.54) is 46.6 Å². The van der Waals surface area contributed by atoms with Crippen LogP contribution >= 0.6 is 11.3 Å². The summed E-state index contributed by atoms with van der Waals surface area (Å²) in [6.07, 6.45) is 1.19. The molecule has 1 amide bonds. The highest BCUT2D eigenvalue weighted by molar-refractivity contribution is 7.89. The molecule has 2 heterocycles. The summed E-state index contributed by atoms with van der Waals surface area (Å²) in [5.74, 6) is -0.985. The Hall–Kier alpha value is -4.33. The largest absolute Gasteiger partial charge is 0.493 e. The van der Waals surface area contributed by atoms with Crippen LogP contribution in [0.5, 0.6) is 5.75 Å². The Kier molecular flexibility index (Phi) is 11.6. The van der Waals surface area contributed by atoms with Gasteiger partial charge < -0.3 is 19.4 Å². The average molecular weight is 654 g/mol. The molecule has 0 bridgehead atoms. The lowest BCUT2D eigenvalue weighted by atomic mass is 10.0. The maximum absolute atomic E-state index is 14.3. The number of aromatic amines is 1. The Labute approximate surface area is 265 Å².